The molecule has 4 nitrogen and oxygen atoms in total. The fourth-order valence-corrected chi connectivity index (χ4v) is 2.62. The number of benzene rings is 2. The summed E-state index contributed by atoms with van der Waals surface area (Å²) in [6, 6.07) is 17.6. The maximum Gasteiger partial charge on any atom is 0.248 e. The predicted octanol–water partition coefficient (Wildman–Crippen LogP) is 4.34. The number of hydrogen-bond acceptors (Lipinski definition) is 3. The Morgan fingerprint density at radius 2 is 2.00 bits per heavy atom. The molecule has 0 saturated heterocycles. The minimum Gasteiger partial charge on any atom is -0.375 e. The summed E-state index contributed by atoms with van der Waals surface area (Å²) in [4.78, 5) is 18.7. The van der Waals surface area contributed by atoms with Gasteiger partial charge in [0.05, 0.1) is 5.52 Å². The minimum atomic E-state index is -0.155. The van der Waals surface area contributed by atoms with Crippen LogP contribution in [0.4, 0.5) is 11.4 Å². The Morgan fingerprint density at radius 3 is 2.84 bits per heavy atom. The van der Waals surface area contributed by atoms with Crippen molar-refractivity contribution in [3.8, 4) is 0 Å². The van der Waals surface area contributed by atoms with E-state index >= 15 is 0 Å². The van der Waals surface area contributed by atoms with Gasteiger partial charge in [0.2, 0.25) is 5.91 Å². The SMILES string of the molecule is CCN(C)c1cccc(NC(=O)/C=C/c2ccnc3ccccc23)c1. The van der Waals surface area contributed by atoms with Gasteiger partial charge in [-0.1, -0.05) is 24.3 Å². The van der Waals surface area contributed by atoms with Crippen LogP contribution in [0.1, 0.15) is 12.5 Å². The number of fused-ring (bicyclic) bond motifs is 1. The van der Waals surface area contributed by atoms with Gasteiger partial charge in [0.25, 0.3) is 0 Å². The van der Waals surface area contributed by atoms with Crippen molar-refractivity contribution < 1.29 is 4.79 Å². The predicted molar refractivity (Wildman–Crippen MR) is 105 cm³/mol. The van der Waals surface area contributed by atoms with Crippen LogP contribution >= 0.6 is 0 Å². The van der Waals surface area contributed by atoms with Crippen LogP contribution in [-0.2, 0) is 4.79 Å². The largest absolute Gasteiger partial charge is 0.375 e. The third-order valence-corrected chi connectivity index (χ3v) is 4.13. The van der Waals surface area contributed by atoms with E-state index in [1.54, 1.807) is 12.3 Å². The second kappa shape index (κ2) is 7.62. The van der Waals surface area contributed by atoms with Gasteiger partial charge in [-0.3, -0.25) is 9.78 Å². The van der Waals surface area contributed by atoms with Gasteiger partial charge in [0, 0.05) is 42.6 Å². The van der Waals surface area contributed by atoms with E-state index < -0.39 is 0 Å². The van der Waals surface area contributed by atoms with Gasteiger partial charge in [-0.25, -0.2) is 0 Å². The average molecular weight is 331 g/mol. The molecule has 1 amide bonds. The van der Waals surface area contributed by atoms with Crippen LogP contribution < -0.4 is 10.2 Å². The first kappa shape index (κ1) is 16.7. The summed E-state index contributed by atoms with van der Waals surface area (Å²) in [5.74, 6) is -0.155. The highest BCUT2D eigenvalue weighted by Crippen LogP contribution is 2.19. The van der Waals surface area contributed by atoms with Gasteiger partial charge < -0.3 is 10.2 Å². The molecule has 25 heavy (non-hydrogen) atoms. The van der Waals surface area contributed by atoms with Gasteiger partial charge in [0.1, 0.15) is 0 Å². The van der Waals surface area contributed by atoms with Crippen molar-refractivity contribution in [2.75, 3.05) is 23.8 Å². The molecule has 0 radical (unpaired) electrons. The Labute approximate surface area is 147 Å². The summed E-state index contributed by atoms with van der Waals surface area (Å²) in [5.41, 5.74) is 3.75. The molecule has 1 heterocycles. The molecule has 0 atom stereocenters. The van der Waals surface area contributed by atoms with Crippen molar-refractivity contribution in [1.82, 2.24) is 4.98 Å². The zero-order valence-electron chi connectivity index (χ0n) is 14.4. The number of carbonyl (C=O) groups excluding carboxylic acids is 1. The standard InChI is InChI=1S/C21H21N3O/c1-3-24(2)18-8-6-7-17(15-18)23-21(25)12-11-16-13-14-22-20-10-5-4-9-19(16)20/h4-15H,3H2,1-2H3,(H,23,25)/b12-11+. The highest BCUT2D eigenvalue weighted by atomic mass is 16.1. The Hall–Kier alpha value is -3.14. The van der Waals surface area contributed by atoms with Crippen LogP contribution in [0.2, 0.25) is 0 Å². The molecule has 126 valence electrons. The van der Waals surface area contributed by atoms with Crippen molar-refractivity contribution in [3.63, 3.8) is 0 Å². The molecule has 0 bridgehead atoms. The number of carbonyl (C=O) groups is 1. The molecule has 0 spiro atoms. The molecule has 0 aliphatic rings. The van der Waals surface area contributed by atoms with Gasteiger partial charge in [-0.15, -0.1) is 0 Å². The van der Waals surface area contributed by atoms with E-state index in [1.165, 1.54) is 0 Å². The molecular formula is C21H21N3O. The third kappa shape index (κ3) is 4.04. The van der Waals surface area contributed by atoms with Crippen molar-refractivity contribution in [3.05, 3.63) is 72.4 Å². The van der Waals surface area contributed by atoms with E-state index in [1.807, 2.05) is 67.7 Å². The molecule has 3 rings (SSSR count). The first-order valence-electron chi connectivity index (χ1n) is 8.31. The molecule has 1 aromatic heterocycles. The lowest BCUT2D eigenvalue weighted by Crippen LogP contribution is -2.16. The Bertz CT molecular complexity index is 912. The van der Waals surface area contributed by atoms with Crippen LogP contribution in [0, 0.1) is 0 Å². The number of para-hydroxylation sites is 1. The van der Waals surface area contributed by atoms with Crippen LogP contribution in [0.15, 0.2) is 66.9 Å². The summed E-state index contributed by atoms with van der Waals surface area (Å²) in [6.07, 6.45) is 5.13. The lowest BCUT2D eigenvalue weighted by atomic mass is 10.1. The van der Waals surface area contributed by atoms with Gasteiger partial charge in [0.15, 0.2) is 0 Å². The fourth-order valence-electron chi connectivity index (χ4n) is 2.62. The number of nitrogens with zero attached hydrogens (tertiary/aromatic N) is 2. The smallest absolute Gasteiger partial charge is 0.248 e. The number of aromatic nitrogens is 1. The van der Waals surface area contributed by atoms with E-state index in [9.17, 15) is 4.79 Å². The maximum atomic E-state index is 12.2. The summed E-state index contributed by atoms with van der Waals surface area (Å²) in [6.45, 7) is 3.00. The van der Waals surface area contributed by atoms with Gasteiger partial charge in [-0.05, 0) is 48.9 Å². The van der Waals surface area contributed by atoms with E-state index in [4.69, 9.17) is 0 Å². The van der Waals surface area contributed by atoms with E-state index in [-0.39, 0.29) is 5.91 Å². The molecule has 4 heteroatoms. The lowest BCUT2D eigenvalue weighted by molar-refractivity contribution is -0.111. The number of amides is 1. The zero-order chi connectivity index (χ0) is 17.6. The van der Waals surface area contributed by atoms with Crippen molar-refractivity contribution in [1.29, 1.82) is 0 Å². The van der Waals surface area contributed by atoms with Crippen LogP contribution in [0.25, 0.3) is 17.0 Å². The van der Waals surface area contributed by atoms with Gasteiger partial charge >= 0.3 is 0 Å². The second-order valence-electron chi connectivity index (χ2n) is 5.80. The lowest BCUT2D eigenvalue weighted by Gasteiger charge is -2.17. The van der Waals surface area contributed by atoms with Crippen LogP contribution in [-0.4, -0.2) is 24.5 Å². The first-order valence-corrected chi connectivity index (χ1v) is 8.31. The normalized spacial score (nSPS) is 11.0. The molecule has 1 N–H and O–H groups in total. The molecule has 0 unspecified atom stereocenters. The highest BCUT2D eigenvalue weighted by Gasteiger charge is 2.03. The number of anilines is 2. The monoisotopic (exact) mass is 331 g/mol. The highest BCUT2D eigenvalue weighted by molar-refractivity contribution is 6.03. The number of hydrogen-bond donors (Lipinski definition) is 1. The van der Waals surface area contributed by atoms with E-state index in [0.717, 1.165) is 34.4 Å². The van der Waals surface area contributed by atoms with Crippen LogP contribution in [0.3, 0.4) is 0 Å². The molecule has 0 aliphatic heterocycles. The summed E-state index contributed by atoms with van der Waals surface area (Å²) in [7, 11) is 2.02. The zero-order valence-corrected chi connectivity index (χ0v) is 14.4. The van der Waals surface area contributed by atoms with E-state index in [0.29, 0.717) is 0 Å². The summed E-state index contributed by atoms with van der Waals surface area (Å²) < 4.78 is 0. The number of rotatable bonds is 5. The molecule has 0 saturated carbocycles. The average Bonchev–Trinajstić information content (AvgIpc) is 2.66. The molecule has 0 fully saturated rings. The molecule has 0 aliphatic carbocycles. The van der Waals surface area contributed by atoms with Crippen LogP contribution in [0.5, 0.6) is 0 Å². The first-order chi connectivity index (χ1) is 12.2. The summed E-state index contributed by atoms with van der Waals surface area (Å²) in [5, 5.41) is 3.94. The van der Waals surface area contributed by atoms with E-state index in [2.05, 4.69) is 22.1 Å². The topological polar surface area (TPSA) is 45.2 Å². The van der Waals surface area contributed by atoms with Crippen molar-refractivity contribution in [2.45, 2.75) is 6.92 Å². The molecule has 2 aromatic carbocycles. The third-order valence-electron chi connectivity index (χ3n) is 4.13. The minimum absolute atomic E-state index is 0.155. The van der Waals surface area contributed by atoms with Crippen molar-refractivity contribution >= 4 is 34.3 Å². The Balaban J connectivity index is 1.75. The van der Waals surface area contributed by atoms with Crippen molar-refractivity contribution in [2.24, 2.45) is 0 Å². The Morgan fingerprint density at radius 1 is 1.16 bits per heavy atom. The summed E-state index contributed by atoms with van der Waals surface area (Å²) >= 11 is 0. The maximum absolute atomic E-state index is 12.2. The quantitative estimate of drug-likeness (QED) is 0.707. The number of nitrogens with one attached hydrogen (secondary N) is 1. The second-order valence-corrected chi connectivity index (χ2v) is 5.80. The molecular weight excluding hydrogens is 310 g/mol. The molecule has 3 aromatic rings. The number of pyridine rings is 1. The fraction of sp³-hybridized carbons (Fsp3) is 0.143. The Kier molecular flexibility index (Phi) is 5.09. The van der Waals surface area contributed by atoms with Gasteiger partial charge in [-0.2, -0.15) is 0 Å².